The summed E-state index contributed by atoms with van der Waals surface area (Å²) in [6, 6.07) is -0.662. The van der Waals surface area contributed by atoms with Crippen LogP contribution < -0.4 is 11.4 Å². The molecule has 0 fully saturated rings. The Morgan fingerprint density at radius 3 is 2.43 bits per heavy atom. The van der Waals surface area contributed by atoms with Crippen molar-refractivity contribution < 1.29 is 50.8 Å². The molecule has 0 aliphatic heterocycles. The van der Waals surface area contributed by atoms with Crippen LogP contribution in [0.15, 0.2) is 23.1 Å². The number of nitrogen functional groups attached to an aromatic ring is 1. The minimum absolute atomic E-state index is 0.112. The number of allylic oxidation sites excluding steroid dienone is 1. The maximum Gasteiger partial charge on any atom is 0.490 e. The van der Waals surface area contributed by atoms with E-state index in [4.69, 9.17) is 20.4 Å². The van der Waals surface area contributed by atoms with Crippen LogP contribution in [0.1, 0.15) is 12.5 Å². The van der Waals surface area contributed by atoms with Crippen molar-refractivity contribution in [3.05, 3.63) is 34.7 Å². The van der Waals surface area contributed by atoms with E-state index in [0.717, 1.165) is 10.8 Å². The average molecular weight is 465 g/mol. The zero-order chi connectivity index (χ0) is 21.3. The largest absolute Gasteiger partial charge is 0.490 e. The highest BCUT2D eigenvalue weighted by molar-refractivity contribution is 7.66. The zero-order valence-electron chi connectivity index (χ0n) is 13.6. The average Bonchev–Trinajstić information content (AvgIpc) is 2.94. The van der Waals surface area contributed by atoms with Gasteiger partial charge in [-0.15, -0.1) is 0 Å². The Balaban J connectivity index is 1.96. The quantitative estimate of drug-likeness (QED) is 0.260. The molecule has 0 spiro atoms. The Morgan fingerprint density at radius 1 is 1.18 bits per heavy atom. The lowest BCUT2D eigenvalue weighted by Crippen LogP contribution is -2.27. The van der Waals surface area contributed by atoms with Crippen molar-refractivity contribution in [2.24, 2.45) is 5.92 Å². The molecule has 0 saturated heterocycles. The van der Waals surface area contributed by atoms with Crippen LogP contribution >= 0.6 is 23.5 Å². The van der Waals surface area contributed by atoms with Gasteiger partial charge in [0.25, 0.3) is 0 Å². The molecular weight excluding hydrogens is 450 g/mol. The van der Waals surface area contributed by atoms with Crippen molar-refractivity contribution in [3.8, 4) is 0 Å². The number of phosphoric ester groups is 1. The summed E-state index contributed by atoms with van der Waals surface area (Å²) in [5.41, 5.74) is 4.37. The Hall–Kier alpha value is -1.24. The van der Waals surface area contributed by atoms with Crippen molar-refractivity contribution in [3.63, 3.8) is 0 Å². The molecule has 4 atom stereocenters. The van der Waals surface area contributed by atoms with E-state index in [0.29, 0.717) is 0 Å². The second-order valence-electron chi connectivity index (χ2n) is 5.50. The molecule has 0 aromatic carbocycles. The molecule has 0 bridgehead atoms. The number of anilines is 1. The number of hydrogen-bond acceptors (Lipinski definition) is 9. The first kappa shape index (κ1) is 23.0. The second kappa shape index (κ2) is 8.25. The fourth-order valence-corrected chi connectivity index (χ4v) is 5.35. The summed E-state index contributed by atoms with van der Waals surface area (Å²) >= 11 is 0. The minimum atomic E-state index is -5.60. The fraction of sp³-hybridized carbons (Fsp3) is 0.400. The summed E-state index contributed by atoms with van der Waals surface area (Å²) in [5, 5.41) is 0. The second-order valence-corrected chi connectivity index (χ2v) is 9.92. The molecule has 18 heteroatoms. The molecule has 6 N–H and O–H groups in total. The fourth-order valence-electron chi connectivity index (χ4n) is 2.27. The van der Waals surface area contributed by atoms with Crippen molar-refractivity contribution in [2.75, 3.05) is 12.3 Å². The van der Waals surface area contributed by atoms with E-state index in [-0.39, 0.29) is 6.42 Å². The van der Waals surface area contributed by atoms with Crippen LogP contribution in [-0.2, 0) is 26.8 Å². The van der Waals surface area contributed by atoms with Crippen LogP contribution in [0.4, 0.5) is 10.2 Å². The van der Waals surface area contributed by atoms with E-state index in [1.165, 1.54) is 12.2 Å². The van der Waals surface area contributed by atoms with Gasteiger partial charge < -0.3 is 25.3 Å². The molecule has 1 heterocycles. The maximum absolute atomic E-state index is 13.5. The number of hydrogen-bond donors (Lipinski definition) is 5. The molecule has 1 aliphatic carbocycles. The smallest absolute Gasteiger partial charge is 0.381 e. The normalized spacial score (nSPS) is 24.0. The van der Waals surface area contributed by atoms with Crippen LogP contribution in [-0.4, -0.2) is 35.7 Å². The first-order chi connectivity index (χ1) is 12.7. The Bertz CT molecular complexity index is 975. The van der Waals surface area contributed by atoms with Crippen LogP contribution in [0.3, 0.4) is 0 Å². The Kier molecular flexibility index (Phi) is 6.79. The summed E-state index contributed by atoms with van der Waals surface area (Å²) in [6.07, 6.45) is 3.91. The van der Waals surface area contributed by atoms with Gasteiger partial charge in [0.15, 0.2) is 11.6 Å². The van der Waals surface area contributed by atoms with E-state index in [1.807, 2.05) is 0 Å². The lowest BCUT2D eigenvalue weighted by molar-refractivity contribution is 0.159. The highest BCUT2D eigenvalue weighted by Crippen LogP contribution is 2.66. The van der Waals surface area contributed by atoms with E-state index >= 15 is 0 Å². The molecule has 1 aliphatic rings. The standard InChI is InChI=1S/C10H15FN3O11P3/c11-8-4-14(10(15)13-9(8)12)7-2-1-6(3-7)5-23-27(19,20)25-28(21,22)24-26(16,17)18/h1-2,4,6-7H,3,5H2,(H,19,20)(H,21,22)(H2,12,13,15)(H2,16,17,18)/t6-,7+/m1/s1. The predicted molar refractivity (Wildman–Crippen MR) is 89.0 cm³/mol. The van der Waals surface area contributed by atoms with Crippen molar-refractivity contribution in [2.45, 2.75) is 12.5 Å². The first-order valence-corrected chi connectivity index (χ1v) is 11.7. The van der Waals surface area contributed by atoms with Gasteiger partial charge in [0, 0.05) is 12.1 Å². The summed E-state index contributed by atoms with van der Waals surface area (Å²) < 4.78 is 59.5. The van der Waals surface area contributed by atoms with Gasteiger partial charge in [0.2, 0.25) is 0 Å². The van der Waals surface area contributed by atoms with E-state index < -0.39 is 59.4 Å². The van der Waals surface area contributed by atoms with Crippen LogP contribution in [0, 0.1) is 11.7 Å². The third-order valence-corrected chi connectivity index (χ3v) is 7.11. The third kappa shape index (κ3) is 6.68. The van der Waals surface area contributed by atoms with Crippen molar-refractivity contribution >= 4 is 29.3 Å². The van der Waals surface area contributed by atoms with Gasteiger partial charge in [0.05, 0.1) is 12.6 Å². The molecule has 14 nitrogen and oxygen atoms in total. The monoisotopic (exact) mass is 465 g/mol. The lowest BCUT2D eigenvalue weighted by atomic mass is 10.1. The first-order valence-electron chi connectivity index (χ1n) is 7.18. The number of phosphoric acid groups is 3. The summed E-state index contributed by atoms with van der Waals surface area (Å²) in [7, 11) is -16.3. The maximum atomic E-state index is 13.5. The van der Waals surface area contributed by atoms with Crippen molar-refractivity contribution in [1.82, 2.24) is 9.55 Å². The SMILES string of the molecule is Nc1nc(=O)n([C@H]2C=C[C@@H](COP(=O)(O)OP(=O)(O)OP(=O)(O)O)C2)cc1F. The third-order valence-electron chi connectivity index (χ3n) is 3.31. The van der Waals surface area contributed by atoms with Gasteiger partial charge in [0.1, 0.15) is 0 Å². The number of aromatic nitrogens is 2. The molecule has 158 valence electrons. The van der Waals surface area contributed by atoms with Gasteiger partial charge in [-0.25, -0.2) is 22.9 Å². The van der Waals surface area contributed by atoms with Gasteiger partial charge in [-0.3, -0.25) is 9.09 Å². The number of halogens is 1. The highest BCUT2D eigenvalue weighted by atomic mass is 31.3. The minimum Gasteiger partial charge on any atom is -0.381 e. The van der Waals surface area contributed by atoms with Crippen LogP contribution in [0.2, 0.25) is 0 Å². The van der Waals surface area contributed by atoms with Crippen molar-refractivity contribution in [1.29, 1.82) is 0 Å². The van der Waals surface area contributed by atoms with Gasteiger partial charge in [-0.2, -0.15) is 13.6 Å². The molecule has 0 amide bonds. The summed E-state index contributed by atoms with van der Waals surface area (Å²) in [4.78, 5) is 50.4. The molecular formula is C10H15FN3O11P3. The van der Waals surface area contributed by atoms with Crippen LogP contribution in [0.5, 0.6) is 0 Å². The predicted octanol–water partition coefficient (Wildman–Crippen LogP) is 0.425. The van der Waals surface area contributed by atoms with Gasteiger partial charge in [-0.05, 0) is 6.42 Å². The molecule has 1 aromatic heterocycles. The molecule has 0 radical (unpaired) electrons. The van der Waals surface area contributed by atoms with Gasteiger partial charge in [-0.1, -0.05) is 12.2 Å². The van der Waals surface area contributed by atoms with E-state index in [1.54, 1.807) is 0 Å². The zero-order valence-corrected chi connectivity index (χ0v) is 16.3. The van der Waals surface area contributed by atoms with E-state index in [2.05, 4.69) is 18.1 Å². The number of nitrogens with zero attached hydrogens (tertiary/aromatic N) is 2. The molecule has 0 saturated carbocycles. The highest BCUT2D eigenvalue weighted by Gasteiger charge is 2.41. The molecule has 28 heavy (non-hydrogen) atoms. The van der Waals surface area contributed by atoms with E-state index in [9.17, 15) is 27.8 Å². The molecule has 2 rings (SSSR count). The molecule has 1 aromatic rings. The Labute approximate surface area is 155 Å². The number of rotatable bonds is 8. The number of nitrogens with two attached hydrogens (primary N) is 1. The summed E-state index contributed by atoms with van der Waals surface area (Å²) in [5.74, 6) is -2.07. The Morgan fingerprint density at radius 2 is 1.82 bits per heavy atom. The topological polar surface area (TPSA) is 221 Å². The molecule has 2 unspecified atom stereocenters. The summed E-state index contributed by atoms with van der Waals surface area (Å²) in [6.45, 7) is -0.545. The lowest BCUT2D eigenvalue weighted by Gasteiger charge is -2.18. The van der Waals surface area contributed by atoms with Crippen LogP contribution in [0.25, 0.3) is 0 Å². The van der Waals surface area contributed by atoms with Gasteiger partial charge >= 0.3 is 29.2 Å².